The van der Waals surface area contributed by atoms with Gasteiger partial charge in [0, 0.05) is 12.8 Å². The average Bonchev–Trinajstić information content (AvgIpc) is 2.77. The normalized spacial score (nSPS) is 10.7. The summed E-state index contributed by atoms with van der Waals surface area (Å²) in [6, 6.07) is 6.39. The predicted molar refractivity (Wildman–Crippen MR) is 63.0 cm³/mol. The molecule has 0 saturated heterocycles. The zero-order valence-electron chi connectivity index (χ0n) is 9.49. The number of hydrogen-bond donors (Lipinski definition) is 2. The summed E-state index contributed by atoms with van der Waals surface area (Å²) >= 11 is 0. The highest BCUT2D eigenvalue weighted by Gasteiger charge is 2.04. The second-order valence-electron chi connectivity index (χ2n) is 3.89. The lowest BCUT2D eigenvalue weighted by Crippen LogP contribution is -2.01. The van der Waals surface area contributed by atoms with Gasteiger partial charge < -0.3 is 5.73 Å². The molecule has 1 aromatic carbocycles. The number of H-pyrrole nitrogens is 1. The van der Waals surface area contributed by atoms with Crippen LogP contribution in [0.2, 0.25) is 0 Å². The highest BCUT2D eigenvalue weighted by Crippen LogP contribution is 2.07. The van der Waals surface area contributed by atoms with E-state index < -0.39 is 0 Å². The Morgan fingerprint density at radius 2 is 2.00 bits per heavy atom. The molecular formula is C12H15FN4. The summed E-state index contributed by atoms with van der Waals surface area (Å²) < 4.78 is 12.7. The number of aryl methyl sites for hydroxylation is 1. The molecule has 1 aromatic heterocycles. The van der Waals surface area contributed by atoms with E-state index >= 15 is 0 Å². The Morgan fingerprint density at radius 1 is 1.24 bits per heavy atom. The summed E-state index contributed by atoms with van der Waals surface area (Å²) in [5.41, 5.74) is 6.43. The maximum Gasteiger partial charge on any atom is 0.150 e. The quantitative estimate of drug-likeness (QED) is 0.822. The van der Waals surface area contributed by atoms with Crippen molar-refractivity contribution in [1.82, 2.24) is 15.2 Å². The van der Waals surface area contributed by atoms with Gasteiger partial charge in [0.15, 0.2) is 5.82 Å². The number of aromatic amines is 1. The molecule has 0 radical (unpaired) electrons. The van der Waals surface area contributed by atoms with Crippen molar-refractivity contribution >= 4 is 0 Å². The van der Waals surface area contributed by atoms with Crippen LogP contribution in [0.1, 0.15) is 23.6 Å². The topological polar surface area (TPSA) is 67.6 Å². The Labute approximate surface area is 99.1 Å². The summed E-state index contributed by atoms with van der Waals surface area (Å²) in [6.45, 7) is 0.641. The van der Waals surface area contributed by atoms with Crippen molar-refractivity contribution in [3.8, 4) is 0 Å². The third-order valence-electron chi connectivity index (χ3n) is 2.47. The molecule has 17 heavy (non-hydrogen) atoms. The Kier molecular flexibility index (Phi) is 3.82. The molecule has 0 aliphatic carbocycles. The standard InChI is InChI=1S/C12H15FN4/c13-10-5-3-9(4-6-10)8-12-15-11(16-17-12)2-1-7-14/h3-6H,1-2,7-8,14H2,(H,15,16,17). The molecule has 0 unspecified atom stereocenters. The fourth-order valence-corrected chi connectivity index (χ4v) is 1.58. The minimum absolute atomic E-state index is 0.227. The molecule has 2 rings (SSSR count). The molecule has 0 saturated carbocycles. The fraction of sp³-hybridized carbons (Fsp3) is 0.333. The number of nitrogens with zero attached hydrogens (tertiary/aromatic N) is 2. The molecule has 0 aliphatic heterocycles. The number of rotatable bonds is 5. The zero-order valence-corrected chi connectivity index (χ0v) is 9.49. The van der Waals surface area contributed by atoms with Crippen molar-refractivity contribution in [3.05, 3.63) is 47.3 Å². The highest BCUT2D eigenvalue weighted by atomic mass is 19.1. The molecule has 0 spiro atoms. The molecule has 0 aliphatic rings. The van der Waals surface area contributed by atoms with Gasteiger partial charge >= 0.3 is 0 Å². The van der Waals surface area contributed by atoms with Gasteiger partial charge in [0.05, 0.1) is 0 Å². The lowest BCUT2D eigenvalue weighted by atomic mass is 10.1. The summed E-state index contributed by atoms with van der Waals surface area (Å²) in [7, 11) is 0. The Hall–Kier alpha value is -1.75. The van der Waals surface area contributed by atoms with Crippen LogP contribution in [-0.4, -0.2) is 21.7 Å². The molecule has 4 nitrogen and oxygen atoms in total. The molecule has 3 N–H and O–H groups in total. The number of hydrogen-bond acceptors (Lipinski definition) is 3. The Bertz CT molecular complexity index is 464. The molecule has 0 fully saturated rings. The van der Waals surface area contributed by atoms with E-state index in [2.05, 4.69) is 15.2 Å². The second-order valence-corrected chi connectivity index (χ2v) is 3.89. The van der Waals surface area contributed by atoms with Crippen LogP contribution in [0.15, 0.2) is 24.3 Å². The van der Waals surface area contributed by atoms with Crippen molar-refractivity contribution < 1.29 is 4.39 Å². The van der Waals surface area contributed by atoms with Gasteiger partial charge in [-0.2, -0.15) is 5.10 Å². The summed E-state index contributed by atoms with van der Waals surface area (Å²) in [4.78, 5) is 4.35. The van der Waals surface area contributed by atoms with Crippen molar-refractivity contribution in [3.63, 3.8) is 0 Å². The Morgan fingerprint density at radius 3 is 2.71 bits per heavy atom. The SMILES string of the molecule is NCCCc1n[nH]c(Cc2ccc(F)cc2)n1. The van der Waals surface area contributed by atoms with E-state index in [0.717, 1.165) is 30.1 Å². The average molecular weight is 234 g/mol. The number of nitrogens with two attached hydrogens (primary N) is 1. The van der Waals surface area contributed by atoms with Crippen LogP contribution in [0.25, 0.3) is 0 Å². The van der Waals surface area contributed by atoms with Gasteiger partial charge in [-0.05, 0) is 30.7 Å². The molecule has 5 heteroatoms. The first-order chi connectivity index (χ1) is 8.28. The van der Waals surface area contributed by atoms with E-state index in [0.29, 0.717) is 13.0 Å². The maximum atomic E-state index is 12.7. The van der Waals surface area contributed by atoms with Gasteiger partial charge in [-0.25, -0.2) is 9.37 Å². The number of halogens is 1. The smallest absolute Gasteiger partial charge is 0.150 e. The van der Waals surface area contributed by atoms with Gasteiger partial charge in [-0.15, -0.1) is 0 Å². The lowest BCUT2D eigenvalue weighted by molar-refractivity contribution is 0.627. The van der Waals surface area contributed by atoms with E-state index in [1.807, 2.05) is 0 Å². The summed E-state index contributed by atoms with van der Waals surface area (Å²) in [5.74, 6) is 1.35. The summed E-state index contributed by atoms with van der Waals surface area (Å²) in [5, 5.41) is 6.98. The zero-order chi connectivity index (χ0) is 12.1. The van der Waals surface area contributed by atoms with Crippen LogP contribution in [0.5, 0.6) is 0 Å². The number of aromatic nitrogens is 3. The fourth-order valence-electron chi connectivity index (χ4n) is 1.58. The van der Waals surface area contributed by atoms with E-state index in [4.69, 9.17) is 5.73 Å². The van der Waals surface area contributed by atoms with Gasteiger partial charge in [0.25, 0.3) is 0 Å². The van der Waals surface area contributed by atoms with Crippen LogP contribution >= 0.6 is 0 Å². The van der Waals surface area contributed by atoms with Crippen molar-refractivity contribution in [2.75, 3.05) is 6.54 Å². The molecular weight excluding hydrogens is 219 g/mol. The van der Waals surface area contributed by atoms with E-state index in [1.165, 1.54) is 12.1 Å². The number of benzene rings is 1. The third kappa shape index (κ3) is 3.35. The van der Waals surface area contributed by atoms with E-state index in [1.54, 1.807) is 12.1 Å². The first-order valence-corrected chi connectivity index (χ1v) is 5.62. The monoisotopic (exact) mass is 234 g/mol. The second kappa shape index (κ2) is 5.54. The molecule has 0 amide bonds. The largest absolute Gasteiger partial charge is 0.330 e. The minimum Gasteiger partial charge on any atom is -0.330 e. The van der Waals surface area contributed by atoms with Gasteiger partial charge in [0.1, 0.15) is 11.6 Å². The van der Waals surface area contributed by atoms with Gasteiger partial charge in [0.2, 0.25) is 0 Å². The van der Waals surface area contributed by atoms with Crippen LogP contribution in [0.4, 0.5) is 4.39 Å². The van der Waals surface area contributed by atoms with Crippen molar-refractivity contribution in [2.45, 2.75) is 19.3 Å². The molecule has 2 aromatic rings. The molecule has 90 valence electrons. The lowest BCUT2D eigenvalue weighted by Gasteiger charge is -1.96. The van der Waals surface area contributed by atoms with Crippen LogP contribution in [0, 0.1) is 5.82 Å². The summed E-state index contributed by atoms with van der Waals surface area (Å²) in [6.07, 6.45) is 2.31. The van der Waals surface area contributed by atoms with Gasteiger partial charge in [-0.1, -0.05) is 12.1 Å². The van der Waals surface area contributed by atoms with Crippen molar-refractivity contribution in [2.24, 2.45) is 5.73 Å². The van der Waals surface area contributed by atoms with Crippen LogP contribution in [-0.2, 0) is 12.8 Å². The number of nitrogens with one attached hydrogen (secondary N) is 1. The predicted octanol–water partition coefficient (Wildman–Crippen LogP) is 1.43. The van der Waals surface area contributed by atoms with Gasteiger partial charge in [-0.3, -0.25) is 5.10 Å². The minimum atomic E-state index is -0.227. The first kappa shape index (κ1) is 11.7. The van der Waals surface area contributed by atoms with E-state index in [9.17, 15) is 4.39 Å². The maximum absolute atomic E-state index is 12.7. The molecule has 0 bridgehead atoms. The highest BCUT2D eigenvalue weighted by molar-refractivity contribution is 5.19. The van der Waals surface area contributed by atoms with E-state index in [-0.39, 0.29) is 5.82 Å². The third-order valence-corrected chi connectivity index (χ3v) is 2.47. The first-order valence-electron chi connectivity index (χ1n) is 5.62. The van der Waals surface area contributed by atoms with Crippen molar-refractivity contribution in [1.29, 1.82) is 0 Å². The molecule has 0 atom stereocenters. The molecule has 1 heterocycles. The Balaban J connectivity index is 1.98. The van der Waals surface area contributed by atoms with Crippen LogP contribution < -0.4 is 5.73 Å². The van der Waals surface area contributed by atoms with Crippen LogP contribution in [0.3, 0.4) is 0 Å².